The standard InChI is InChI=1S/C43H34F3N11O8/c44-43(45,46)23-51-32-20-25(16-19-49-32)40-53-30(22-65-40)38(61)52-29-21-56(55-35(29)36(47)59)26-12-10-24(11-13-26)37(60)50-18-6-4-2-1-3-5-17-48-28-9-7-8-27-34(28)42(64)57(41(27)63)31-14-15-33(58)54-39(31)62/h7-13,16,19-22,31,48H,5-6,14-15,17-18,23H2,(H2,47,59)(H,49,51)(H,50,60)(H,52,61)(H,54,58,62). The average Bonchev–Trinajstić information content (AvgIpc) is 4.01. The fourth-order valence-electron chi connectivity index (χ4n) is 6.57. The highest BCUT2D eigenvalue weighted by atomic mass is 19.4. The third-order valence-corrected chi connectivity index (χ3v) is 9.61. The number of fused-ring (bicyclic) bond motifs is 1. The van der Waals surface area contributed by atoms with Crippen LogP contribution < -0.4 is 32.3 Å². The molecule has 3 aromatic heterocycles. The van der Waals surface area contributed by atoms with E-state index in [1.165, 1.54) is 47.4 Å². The van der Waals surface area contributed by atoms with Crippen molar-refractivity contribution in [3.8, 4) is 40.8 Å². The molecule has 7 amide bonds. The Bertz CT molecular complexity index is 2870. The summed E-state index contributed by atoms with van der Waals surface area (Å²) >= 11 is 0. The Morgan fingerprint density at radius 1 is 0.923 bits per heavy atom. The van der Waals surface area contributed by atoms with Gasteiger partial charge in [-0.25, -0.2) is 14.6 Å². The highest BCUT2D eigenvalue weighted by molar-refractivity contribution is 6.25. The molecule has 22 heteroatoms. The van der Waals surface area contributed by atoms with E-state index in [9.17, 15) is 46.7 Å². The number of halogens is 3. The van der Waals surface area contributed by atoms with Gasteiger partial charge < -0.3 is 31.4 Å². The van der Waals surface area contributed by atoms with Gasteiger partial charge in [0.05, 0.1) is 28.7 Å². The van der Waals surface area contributed by atoms with Crippen LogP contribution in [0.3, 0.4) is 0 Å². The smallest absolute Gasteiger partial charge is 0.405 e. The molecule has 1 unspecified atom stereocenters. The maximum absolute atomic E-state index is 13.2. The van der Waals surface area contributed by atoms with Crippen LogP contribution in [0.15, 0.2) is 77.7 Å². The number of rotatable bonds is 14. The molecule has 1 saturated heterocycles. The van der Waals surface area contributed by atoms with Crippen LogP contribution in [0.4, 0.5) is 30.4 Å². The average molecular weight is 890 g/mol. The molecule has 330 valence electrons. The van der Waals surface area contributed by atoms with E-state index in [-0.39, 0.29) is 70.8 Å². The van der Waals surface area contributed by atoms with Gasteiger partial charge in [-0.3, -0.25) is 43.8 Å². The molecule has 0 aliphatic carbocycles. The Hall–Kier alpha value is -8.79. The van der Waals surface area contributed by atoms with E-state index < -0.39 is 54.2 Å². The summed E-state index contributed by atoms with van der Waals surface area (Å²) in [6.45, 7) is -0.764. The van der Waals surface area contributed by atoms with E-state index in [0.29, 0.717) is 36.3 Å². The molecule has 0 bridgehead atoms. The van der Waals surface area contributed by atoms with Crippen molar-refractivity contribution in [2.45, 2.75) is 37.9 Å². The van der Waals surface area contributed by atoms with Crippen molar-refractivity contribution in [2.24, 2.45) is 5.73 Å². The van der Waals surface area contributed by atoms with Gasteiger partial charge in [0.1, 0.15) is 24.7 Å². The number of alkyl halides is 3. The van der Waals surface area contributed by atoms with Crippen molar-refractivity contribution in [3.05, 3.63) is 101 Å². The number of nitrogens with zero attached hydrogens (tertiary/aromatic N) is 5. The number of nitrogens with one attached hydrogen (secondary N) is 5. The number of primary amides is 1. The molecule has 0 spiro atoms. The van der Waals surface area contributed by atoms with E-state index in [0.717, 1.165) is 11.2 Å². The van der Waals surface area contributed by atoms with Crippen molar-refractivity contribution in [3.63, 3.8) is 0 Å². The first-order valence-electron chi connectivity index (χ1n) is 19.5. The number of aromatic nitrogens is 4. The van der Waals surface area contributed by atoms with Gasteiger partial charge in [0.25, 0.3) is 29.5 Å². The van der Waals surface area contributed by atoms with Crippen molar-refractivity contribution in [1.82, 2.24) is 35.3 Å². The monoisotopic (exact) mass is 889 g/mol. The minimum absolute atomic E-state index is 0.0211. The first kappa shape index (κ1) is 44.3. The summed E-state index contributed by atoms with van der Waals surface area (Å²) in [4.78, 5) is 97.0. The predicted molar refractivity (Wildman–Crippen MR) is 223 cm³/mol. The highest BCUT2D eigenvalue weighted by Crippen LogP contribution is 2.32. The zero-order valence-corrected chi connectivity index (χ0v) is 33.7. The summed E-state index contributed by atoms with van der Waals surface area (Å²) in [7, 11) is 0. The molecule has 65 heavy (non-hydrogen) atoms. The molecule has 2 aromatic carbocycles. The van der Waals surface area contributed by atoms with E-state index in [1.54, 1.807) is 24.3 Å². The molecule has 7 N–H and O–H groups in total. The van der Waals surface area contributed by atoms with Crippen molar-refractivity contribution in [1.29, 1.82) is 0 Å². The molecule has 0 radical (unpaired) electrons. The van der Waals surface area contributed by atoms with Crippen LogP contribution in [0.5, 0.6) is 0 Å². The number of piperidine rings is 1. The second kappa shape index (κ2) is 19.1. The van der Waals surface area contributed by atoms with Gasteiger partial charge in [0.15, 0.2) is 11.4 Å². The Kier molecular flexibility index (Phi) is 13.0. The van der Waals surface area contributed by atoms with Crippen molar-refractivity contribution < 1.29 is 51.2 Å². The lowest BCUT2D eigenvalue weighted by molar-refractivity contribution is -0.136. The first-order valence-corrected chi connectivity index (χ1v) is 19.5. The number of benzene rings is 2. The van der Waals surface area contributed by atoms with Crippen molar-refractivity contribution >= 4 is 58.5 Å². The largest absolute Gasteiger partial charge is 0.444 e. The van der Waals surface area contributed by atoms with Crippen LogP contribution in [0.1, 0.15) is 77.7 Å². The highest BCUT2D eigenvalue weighted by Gasteiger charge is 2.45. The molecule has 5 aromatic rings. The minimum Gasteiger partial charge on any atom is -0.444 e. The number of hydrogen-bond acceptors (Lipinski definition) is 13. The normalized spacial score (nSPS) is 14.3. The Morgan fingerprint density at radius 2 is 1.68 bits per heavy atom. The second-order valence-corrected chi connectivity index (χ2v) is 14.1. The molecule has 1 atom stereocenters. The summed E-state index contributed by atoms with van der Waals surface area (Å²) in [5.74, 6) is 6.50. The first-order chi connectivity index (χ1) is 31.2. The van der Waals surface area contributed by atoms with Gasteiger partial charge in [0, 0.05) is 55.4 Å². The van der Waals surface area contributed by atoms with Crippen LogP contribution in [0, 0.1) is 23.7 Å². The molecule has 2 aliphatic heterocycles. The molecule has 0 saturated carbocycles. The zero-order valence-electron chi connectivity index (χ0n) is 33.7. The molecule has 2 aliphatic rings. The number of carbonyl (C=O) groups is 7. The lowest BCUT2D eigenvalue weighted by atomic mass is 10.0. The van der Waals surface area contributed by atoms with E-state index in [4.69, 9.17) is 10.2 Å². The molecular weight excluding hydrogens is 856 g/mol. The number of carbonyl (C=O) groups excluding carboxylic acids is 7. The van der Waals surface area contributed by atoms with Crippen LogP contribution in [-0.4, -0.2) is 97.9 Å². The van der Waals surface area contributed by atoms with Gasteiger partial charge in [-0.05, 0) is 66.8 Å². The zero-order chi connectivity index (χ0) is 46.3. The number of nitrogens with two attached hydrogens (primary N) is 1. The Morgan fingerprint density at radius 3 is 2.40 bits per heavy atom. The maximum atomic E-state index is 13.2. The molecule has 1 fully saturated rings. The summed E-state index contributed by atoms with van der Waals surface area (Å²) in [6.07, 6.45) is -0.155. The Labute approximate surface area is 365 Å². The van der Waals surface area contributed by atoms with Crippen molar-refractivity contribution in [2.75, 3.05) is 35.6 Å². The van der Waals surface area contributed by atoms with E-state index >= 15 is 0 Å². The predicted octanol–water partition coefficient (Wildman–Crippen LogP) is 3.28. The van der Waals surface area contributed by atoms with E-state index in [1.807, 2.05) is 0 Å². The van der Waals surface area contributed by atoms with Gasteiger partial charge in [-0.2, -0.15) is 18.3 Å². The summed E-state index contributed by atoms with van der Waals surface area (Å²) in [5, 5.41) is 16.8. The second-order valence-electron chi connectivity index (χ2n) is 14.1. The third kappa shape index (κ3) is 10.5. The number of amides is 7. The van der Waals surface area contributed by atoms with Crippen LogP contribution >= 0.6 is 0 Å². The summed E-state index contributed by atoms with van der Waals surface area (Å²) < 4.78 is 44.4. The van der Waals surface area contributed by atoms with Gasteiger partial charge in [0.2, 0.25) is 17.7 Å². The van der Waals surface area contributed by atoms with Crippen LogP contribution in [0.25, 0.3) is 17.1 Å². The lowest BCUT2D eigenvalue weighted by Crippen LogP contribution is -2.54. The number of oxazole rings is 1. The van der Waals surface area contributed by atoms with Crippen LogP contribution in [-0.2, 0) is 9.59 Å². The van der Waals surface area contributed by atoms with E-state index in [2.05, 4.69) is 65.3 Å². The maximum Gasteiger partial charge on any atom is 0.405 e. The summed E-state index contributed by atoms with van der Waals surface area (Å²) in [6, 6.07) is 12.5. The molecule has 7 rings (SSSR count). The lowest BCUT2D eigenvalue weighted by Gasteiger charge is -2.27. The number of anilines is 3. The number of hydrogen-bond donors (Lipinski definition) is 6. The quantitative estimate of drug-likeness (QED) is 0.0532. The molecule has 5 heterocycles. The fraction of sp³-hybridized carbons (Fsp3) is 0.209. The fourth-order valence-corrected chi connectivity index (χ4v) is 6.57. The van der Waals surface area contributed by atoms with Crippen LogP contribution in [0.2, 0.25) is 0 Å². The Balaban J connectivity index is 0.863. The van der Waals surface area contributed by atoms with Gasteiger partial charge >= 0.3 is 6.18 Å². The SMILES string of the molecule is NC(=O)c1nn(-c2ccc(C(=O)NCCC#CC#CCCNc3cccc4c3C(=O)N(C3CCC(=O)NC3=O)C4=O)cc2)cc1NC(=O)c1coc(-c2ccnc(NCC(F)(F)F)c2)n1. The van der Waals surface area contributed by atoms with Gasteiger partial charge in [-0.15, -0.1) is 0 Å². The number of imide groups is 2. The third-order valence-electron chi connectivity index (χ3n) is 9.61. The topological polar surface area (TPSA) is 266 Å². The summed E-state index contributed by atoms with van der Waals surface area (Å²) in [5.41, 5.74) is 6.63. The molecule has 19 nitrogen and oxygen atoms in total. The number of pyridine rings is 1. The minimum atomic E-state index is -4.47. The van der Waals surface area contributed by atoms with Gasteiger partial charge in [-0.1, -0.05) is 17.9 Å². The molecular formula is C43H34F3N11O8.